The van der Waals surface area contributed by atoms with Crippen LogP contribution in [0.25, 0.3) is 0 Å². The van der Waals surface area contributed by atoms with E-state index in [1.807, 2.05) is 0 Å². The van der Waals surface area contributed by atoms with E-state index in [2.05, 4.69) is 17.1 Å². The molecule has 4 nitrogen and oxygen atoms in total. The van der Waals surface area contributed by atoms with E-state index >= 15 is 0 Å². The van der Waals surface area contributed by atoms with Crippen LogP contribution >= 0.6 is 0 Å². The van der Waals surface area contributed by atoms with Crippen molar-refractivity contribution < 1.29 is 9.90 Å². The van der Waals surface area contributed by atoms with Gasteiger partial charge in [0.2, 0.25) is 0 Å². The number of likely N-dealkylation sites (tertiary alicyclic amines) is 1. The maximum Gasteiger partial charge on any atom is 0.323 e. The van der Waals surface area contributed by atoms with Gasteiger partial charge >= 0.3 is 5.97 Å². The summed E-state index contributed by atoms with van der Waals surface area (Å²) in [6, 6.07) is 0.449. The van der Waals surface area contributed by atoms with Gasteiger partial charge in [-0.25, -0.2) is 0 Å². The quantitative estimate of drug-likeness (QED) is 0.804. The summed E-state index contributed by atoms with van der Waals surface area (Å²) in [4.78, 5) is 14.1. The molecule has 0 spiro atoms. The first-order valence-electron chi connectivity index (χ1n) is 7.40. The Labute approximate surface area is 110 Å². The molecule has 0 aromatic heterocycles. The van der Waals surface area contributed by atoms with Crippen molar-refractivity contribution in [2.75, 3.05) is 19.6 Å². The topological polar surface area (TPSA) is 52.6 Å². The summed E-state index contributed by atoms with van der Waals surface area (Å²) in [6.45, 7) is 5.21. The van der Waals surface area contributed by atoms with Gasteiger partial charge in [-0.3, -0.25) is 4.79 Å². The molecule has 0 aromatic rings. The minimum absolute atomic E-state index is 0.449. The second kappa shape index (κ2) is 6.02. The average Bonchev–Trinajstić information content (AvgIpc) is 2.40. The number of hydrogen-bond acceptors (Lipinski definition) is 3. The van der Waals surface area contributed by atoms with Crippen molar-refractivity contribution in [2.24, 2.45) is 0 Å². The van der Waals surface area contributed by atoms with Gasteiger partial charge in [0.05, 0.1) is 0 Å². The smallest absolute Gasteiger partial charge is 0.323 e. The van der Waals surface area contributed by atoms with E-state index in [1.165, 1.54) is 12.8 Å². The number of nitrogens with zero attached hydrogens (tertiary/aromatic N) is 1. The molecule has 2 atom stereocenters. The van der Waals surface area contributed by atoms with Crippen molar-refractivity contribution in [1.29, 1.82) is 0 Å². The van der Waals surface area contributed by atoms with Gasteiger partial charge in [0.1, 0.15) is 5.54 Å². The number of hydrogen-bond donors (Lipinski definition) is 2. The Bertz CT molecular complexity index is 288. The molecule has 0 aliphatic carbocycles. The van der Waals surface area contributed by atoms with Crippen LogP contribution in [0.2, 0.25) is 0 Å². The Hall–Kier alpha value is -0.610. The fraction of sp³-hybridized carbons (Fsp3) is 0.929. The zero-order valence-corrected chi connectivity index (χ0v) is 11.5. The molecule has 104 valence electrons. The van der Waals surface area contributed by atoms with Crippen LogP contribution in [0.1, 0.15) is 51.9 Å². The van der Waals surface area contributed by atoms with Crippen molar-refractivity contribution in [3.63, 3.8) is 0 Å². The van der Waals surface area contributed by atoms with Gasteiger partial charge in [-0.15, -0.1) is 0 Å². The summed E-state index contributed by atoms with van der Waals surface area (Å²) in [5.41, 5.74) is -0.659. The lowest BCUT2D eigenvalue weighted by molar-refractivity contribution is -0.147. The van der Waals surface area contributed by atoms with Gasteiger partial charge in [-0.1, -0.05) is 13.3 Å². The highest BCUT2D eigenvalue weighted by atomic mass is 16.4. The number of carbonyl (C=O) groups is 1. The molecule has 2 aliphatic heterocycles. The second-order valence-electron chi connectivity index (χ2n) is 5.75. The normalized spacial score (nSPS) is 34.4. The standard InChI is InChI=1S/C14H26N2O2/c1-2-16-10-6-3-7-12(16)11-14(13(17)18)8-4-5-9-15-14/h12,15H,2-11H2,1H3,(H,17,18). The molecule has 4 heteroatoms. The minimum atomic E-state index is -0.659. The average molecular weight is 254 g/mol. The first-order chi connectivity index (χ1) is 8.68. The maximum atomic E-state index is 11.7. The first kappa shape index (κ1) is 13.8. The highest BCUT2D eigenvalue weighted by Gasteiger charge is 2.42. The molecule has 2 aliphatic rings. The van der Waals surface area contributed by atoms with Crippen molar-refractivity contribution >= 4 is 5.97 Å². The Morgan fingerprint density at radius 2 is 2.22 bits per heavy atom. The van der Waals surface area contributed by atoms with Crippen LogP contribution in [0.4, 0.5) is 0 Å². The van der Waals surface area contributed by atoms with Crippen LogP contribution in [0, 0.1) is 0 Å². The number of rotatable bonds is 4. The fourth-order valence-corrected chi connectivity index (χ4v) is 3.52. The highest BCUT2D eigenvalue weighted by Crippen LogP contribution is 2.30. The number of carboxylic acids is 1. The van der Waals surface area contributed by atoms with E-state index in [4.69, 9.17) is 0 Å². The number of carboxylic acid groups (broad SMARTS) is 1. The lowest BCUT2D eigenvalue weighted by Gasteiger charge is -2.42. The molecule has 2 unspecified atom stereocenters. The fourth-order valence-electron chi connectivity index (χ4n) is 3.52. The van der Waals surface area contributed by atoms with E-state index in [-0.39, 0.29) is 0 Å². The zero-order valence-electron chi connectivity index (χ0n) is 11.5. The second-order valence-corrected chi connectivity index (χ2v) is 5.75. The molecule has 2 N–H and O–H groups in total. The summed E-state index contributed by atoms with van der Waals surface area (Å²) in [6.07, 6.45) is 7.38. The third-order valence-corrected chi connectivity index (χ3v) is 4.64. The Kier molecular flexibility index (Phi) is 4.62. The third kappa shape index (κ3) is 2.86. The van der Waals surface area contributed by atoms with E-state index in [9.17, 15) is 9.90 Å². The number of piperidine rings is 2. The van der Waals surface area contributed by atoms with Gasteiger partial charge < -0.3 is 15.3 Å². The third-order valence-electron chi connectivity index (χ3n) is 4.64. The zero-order chi connectivity index (χ0) is 13.0. The predicted octanol–water partition coefficient (Wildman–Crippen LogP) is 1.85. The first-order valence-corrected chi connectivity index (χ1v) is 7.40. The molecule has 0 radical (unpaired) electrons. The van der Waals surface area contributed by atoms with Crippen LogP contribution in [0.3, 0.4) is 0 Å². The molecule has 0 saturated carbocycles. The van der Waals surface area contributed by atoms with Gasteiger partial charge in [-0.2, -0.15) is 0 Å². The highest BCUT2D eigenvalue weighted by molar-refractivity contribution is 5.79. The summed E-state index contributed by atoms with van der Waals surface area (Å²) < 4.78 is 0. The van der Waals surface area contributed by atoms with Crippen molar-refractivity contribution in [2.45, 2.75) is 63.5 Å². The molecule has 0 amide bonds. The molecular weight excluding hydrogens is 228 g/mol. The summed E-state index contributed by atoms with van der Waals surface area (Å²) >= 11 is 0. The monoisotopic (exact) mass is 254 g/mol. The Balaban J connectivity index is 2.05. The molecule has 2 fully saturated rings. The maximum absolute atomic E-state index is 11.7. The van der Waals surface area contributed by atoms with E-state index in [0.29, 0.717) is 6.04 Å². The molecule has 18 heavy (non-hydrogen) atoms. The lowest BCUT2D eigenvalue weighted by atomic mass is 9.80. The lowest BCUT2D eigenvalue weighted by Crippen LogP contribution is -2.58. The van der Waals surface area contributed by atoms with Gasteiger partial charge in [-0.05, 0) is 58.2 Å². The van der Waals surface area contributed by atoms with Crippen LogP contribution in [-0.2, 0) is 4.79 Å². The Morgan fingerprint density at radius 3 is 2.83 bits per heavy atom. The summed E-state index contributed by atoms with van der Waals surface area (Å²) in [7, 11) is 0. The van der Waals surface area contributed by atoms with Crippen molar-refractivity contribution in [1.82, 2.24) is 10.2 Å². The van der Waals surface area contributed by atoms with E-state index in [1.54, 1.807) is 0 Å². The summed E-state index contributed by atoms with van der Waals surface area (Å²) in [5, 5.41) is 12.9. The van der Waals surface area contributed by atoms with Gasteiger partial charge in [0.25, 0.3) is 0 Å². The van der Waals surface area contributed by atoms with Gasteiger partial charge in [0, 0.05) is 6.04 Å². The van der Waals surface area contributed by atoms with E-state index in [0.717, 1.165) is 51.7 Å². The SMILES string of the molecule is CCN1CCCCC1CC1(C(=O)O)CCCCN1. The predicted molar refractivity (Wildman–Crippen MR) is 71.7 cm³/mol. The Morgan fingerprint density at radius 1 is 1.39 bits per heavy atom. The molecule has 2 heterocycles. The van der Waals surface area contributed by atoms with Crippen molar-refractivity contribution in [3.8, 4) is 0 Å². The van der Waals surface area contributed by atoms with Crippen molar-refractivity contribution in [3.05, 3.63) is 0 Å². The van der Waals surface area contributed by atoms with Crippen LogP contribution in [0.15, 0.2) is 0 Å². The molecule has 2 saturated heterocycles. The molecular formula is C14H26N2O2. The molecule has 2 rings (SSSR count). The largest absolute Gasteiger partial charge is 0.480 e. The van der Waals surface area contributed by atoms with Crippen LogP contribution in [0.5, 0.6) is 0 Å². The molecule has 0 aromatic carbocycles. The minimum Gasteiger partial charge on any atom is -0.480 e. The number of nitrogens with one attached hydrogen (secondary N) is 1. The molecule has 0 bridgehead atoms. The summed E-state index contributed by atoms with van der Waals surface area (Å²) in [5.74, 6) is -0.649. The van der Waals surface area contributed by atoms with Gasteiger partial charge in [0.15, 0.2) is 0 Å². The van der Waals surface area contributed by atoms with E-state index < -0.39 is 11.5 Å². The number of aliphatic carboxylic acids is 1. The van der Waals surface area contributed by atoms with Crippen LogP contribution < -0.4 is 5.32 Å². The van der Waals surface area contributed by atoms with Crippen LogP contribution in [-0.4, -0.2) is 47.2 Å².